The zero-order valence-corrected chi connectivity index (χ0v) is 12.9. The Morgan fingerprint density at radius 2 is 2.16 bits per heavy atom. The molecule has 7 heteroatoms. The molecule has 1 N–H and O–H groups in total. The number of aromatic nitrogens is 4. The molecule has 0 aliphatic heterocycles. The Morgan fingerprint density at radius 3 is 2.79 bits per heavy atom. The number of halogens is 1. The summed E-state index contributed by atoms with van der Waals surface area (Å²) in [5.41, 5.74) is 0.0536. The van der Waals surface area contributed by atoms with E-state index in [1.165, 1.54) is 4.88 Å². The Balaban J connectivity index is 1.92. The SMILES string of the molecule is CC(C)(C)NCc1nnnn1CCc1ccc(Cl)s1. The number of nitrogens with one attached hydrogen (secondary N) is 1. The van der Waals surface area contributed by atoms with Gasteiger partial charge in [-0.3, -0.25) is 0 Å². The maximum atomic E-state index is 5.91. The highest BCUT2D eigenvalue weighted by Gasteiger charge is 2.12. The third-order valence-corrected chi connectivity index (χ3v) is 3.87. The highest BCUT2D eigenvalue weighted by Crippen LogP contribution is 2.22. The third kappa shape index (κ3) is 4.56. The van der Waals surface area contributed by atoms with Crippen LogP contribution in [-0.4, -0.2) is 25.7 Å². The van der Waals surface area contributed by atoms with Gasteiger partial charge in [-0.05, 0) is 43.3 Å². The van der Waals surface area contributed by atoms with Crippen molar-refractivity contribution in [2.24, 2.45) is 0 Å². The largest absolute Gasteiger partial charge is 0.305 e. The lowest BCUT2D eigenvalue weighted by Gasteiger charge is -2.19. The maximum absolute atomic E-state index is 5.91. The molecule has 2 aromatic heterocycles. The van der Waals surface area contributed by atoms with Crippen molar-refractivity contribution in [1.82, 2.24) is 25.5 Å². The van der Waals surface area contributed by atoms with E-state index < -0.39 is 0 Å². The predicted molar refractivity (Wildman–Crippen MR) is 77.4 cm³/mol. The molecule has 0 amide bonds. The van der Waals surface area contributed by atoms with Crippen LogP contribution in [0.4, 0.5) is 0 Å². The average Bonchev–Trinajstić information content (AvgIpc) is 2.91. The van der Waals surface area contributed by atoms with Crippen molar-refractivity contribution < 1.29 is 0 Å². The molecule has 0 aliphatic rings. The molecule has 0 spiro atoms. The first-order chi connectivity index (χ1) is 8.94. The molecule has 0 unspecified atom stereocenters. The van der Waals surface area contributed by atoms with Crippen LogP contribution in [0.3, 0.4) is 0 Å². The fourth-order valence-corrected chi connectivity index (χ4v) is 2.65. The molecule has 2 rings (SSSR count). The highest BCUT2D eigenvalue weighted by atomic mass is 35.5. The monoisotopic (exact) mass is 299 g/mol. The lowest BCUT2D eigenvalue weighted by atomic mass is 10.1. The molecule has 0 fully saturated rings. The average molecular weight is 300 g/mol. The van der Waals surface area contributed by atoms with Crippen LogP contribution in [0.25, 0.3) is 0 Å². The van der Waals surface area contributed by atoms with E-state index in [1.54, 1.807) is 11.3 Å². The summed E-state index contributed by atoms with van der Waals surface area (Å²) in [6.45, 7) is 7.80. The molecule has 2 aromatic rings. The molecular formula is C12H18ClN5S. The standard InChI is InChI=1S/C12H18ClN5S/c1-12(2,3)14-8-11-15-16-17-18(11)7-6-9-4-5-10(13)19-9/h4-5,14H,6-8H2,1-3H3. The summed E-state index contributed by atoms with van der Waals surface area (Å²) >= 11 is 7.51. The van der Waals surface area contributed by atoms with Gasteiger partial charge in [-0.2, -0.15) is 0 Å². The van der Waals surface area contributed by atoms with Crippen molar-refractivity contribution in [2.75, 3.05) is 0 Å². The van der Waals surface area contributed by atoms with Gasteiger partial charge < -0.3 is 5.32 Å². The van der Waals surface area contributed by atoms with Gasteiger partial charge in [0.1, 0.15) is 0 Å². The summed E-state index contributed by atoms with van der Waals surface area (Å²) < 4.78 is 2.66. The number of hydrogen-bond acceptors (Lipinski definition) is 5. The van der Waals surface area contributed by atoms with Crippen molar-refractivity contribution in [3.8, 4) is 0 Å². The minimum atomic E-state index is 0.0536. The van der Waals surface area contributed by atoms with E-state index in [-0.39, 0.29) is 5.54 Å². The first-order valence-corrected chi connectivity index (χ1v) is 7.38. The lowest BCUT2D eigenvalue weighted by molar-refractivity contribution is 0.407. The first kappa shape index (κ1) is 14.4. The Kier molecular flexibility index (Phi) is 4.54. The second-order valence-corrected chi connectivity index (χ2v) is 7.18. The van der Waals surface area contributed by atoms with Gasteiger partial charge in [0.25, 0.3) is 0 Å². The minimum absolute atomic E-state index is 0.0536. The molecule has 0 saturated carbocycles. The van der Waals surface area contributed by atoms with Crippen LogP contribution in [0.1, 0.15) is 31.5 Å². The molecule has 19 heavy (non-hydrogen) atoms. The highest BCUT2D eigenvalue weighted by molar-refractivity contribution is 7.16. The number of rotatable bonds is 5. The fourth-order valence-electron chi connectivity index (χ4n) is 1.57. The van der Waals surface area contributed by atoms with Gasteiger partial charge in [-0.1, -0.05) is 11.6 Å². The van der Waals surface area contributed by atoms with Crippen molar-refractivity contribution >= 4 is 22.9 Å². The minimum Gasteiger partial charge on any atom is -0.305 e. The van der Waals surface area contributed by atoms with E-state index >= 15 is 0 Å². The summed E-state index contributed by atoms with van der Waals surface area (Å²) in [5, 5.41) is 15.2. The van der Waals surface area contributed by atoms with E-state index in [0.717, 1.165) is 23.1 Å². The summed E-state index contributed by atoms with van der Waals surface area (Å²) in [6.07, 6.45) is 0.894. The lowest BCUT2D eigenvalue weighted by Crippen LogP contribution is -2.36. The van der Waals surface area contributed by atoms with Crippen molar-refractivity contribution in [2.45, 2.75) is 45.8 Å². The summed E-state index contributed by atoms with van der Waals surface area (Å²) in [7, 11) is 0. The number of aryl methyl sites for hydroxylation is 2. The molecule has 0 saturated heterocycles. The summed E-state index contributed by atoms with van der Waals surface area (Å²) in [5.74, 6) is 0.859. The van der Waals surface area contributed by atoms with Crippen molar-refractivity contribution in [3.05, 3.63) is 27.2 Å². The molecule has 2 heterocycles. The van der Waals surface area contributed by atoms with Gasteiger partial charge in [0, 0.05) is 23.4 Å². The van der Waals surface area contributed by atoms with Gasteiger partial charge in [0.2, 0.25) is 0 Å². The Labute approximate surface area is 122 Å². The van der Waals surface area contributed by atoms with Crippen LogP contribution in [0, 0.1) is 0 Å². The smallest absolute Gasteiger partial charge is 0.165 e. The zero-order chi connectivity index (χ0) is 13.9. The molecule has 0 aromatic carbocycles. The van der Waals surface area contributed by atoms with E-state index in [1.807, 2.05) is 16.8 Å². The number of tetrazole rings is 1. The third-order valence-electron chi connectivity index (χ3n) is 2.58. The predicted octanol–water partition coefficient (Wildman–Crippen LogP) is 2.52. The molecule has 0 radical (unpaired) electrons. The Morgan fingerprint density at radius 1 is 1.37 bits per heavy atom. The van der Waals surface area contributed by atoms with Crippen LogP contribution >= 0.6 is 22.9 Å². The van der Waals surface area contributed by atoms with Gasteiger partial charge in [0.15, 0.2) is 5.82 Å². The number of hydrogen-bond donors (Lipinski definition) is 1. The van der Waals surface area contributed by atoms with E-state index in [2.05, 4.69) is 41.6 Å². The van der Waals surface area contributed by atoms with Gasteiger partial charge in [-0.15, -0.1) is 16.4 Å². The van der Waals surface area contributed by atoms with E-state index in [4.69, 9.17) is 11.6 Å². The van der Waals surface area contributed by atoms with Crippen LogP contribution in [0.2, 0.25) is 4.34 Å². The maximum Gasteiger partial charge on any atom is 0.165 e. The van der Waals surface area contributed by atoms with Crippen LogP contribution in [-0.2, 0) is 19.5 Å². The van der Waals surface area contributed by atoms with Gasteiger partial charge in [-0.25, -0.2) is 4.68 Å². The second-order valence-electron chi connectivity index (χ2n) is 5.38. The molecule has 104 valence electrons. The van der Waals surface area contributed by atoms with Gasteiger partial charge >= 0.3 is 0 Å². The zero-order valence-electron chi connectivity index (χ0n) is 11.4. The van der Waals surface area contributed by atoms with Crippen LogP contribution in [0.15, 0.2) is 12.1 Å². The molecule has 0 bridgehead atoms. The van der Waals surface area contributed by atoms with E-state index in [0.29, 0.717) is 6.54 Å². The van der Waals surface area contributed by atoms with Crippen molar-refractivity contribution in [1.29, 1.82) is 0 Å². The molecule has 0 atom stereocenters. The molecular weight excluding hydrogens is 282 g/mol. The fraction of sp³-hybridized carbons (Fsp3) is 0.583. The van der Waals surface area contributed by atoms with Gasteiger partial charge in [0.05, 0.1) is 10.9 Å². The number of nitrogens with zero attached hydrogens (tertiary/aromatic N) is 4. The second kappa shape index (κ2) is 5.98. The first-order valence-electron chi connectivity index (χ1n) is 6.18. The quantitative estimate of drug-likeness (QED) is 0.922. The Hall–Kier alpha value is -0.980. The summed E-state index contributed by atoms with van der Waals surface area (Å²) in [4.78, 5) is 1.25. The Bertz CT molecular complexity index is 528. The van der Waals surface area contributed by atoms with Crippen molar-refractivity contribution in [3.63, 3.8) is 0 Å². The topological polar surface area (TPSA) is 55.6 Å². The van der Waals surface area contributed by atoms with Crippen LogP contribution < -0.4 is 5.32 Å². The van der Waals surface area contributed by atoms with Crippen LogP contribution in [0.5, 0.6) is 0 Å². The van der Waals surface area contributed by atoms with E-state index in [9.17, 15) is 0 Å². The molecule has 0 aliphatic carbocycles. The number of thiophene rings is 1. The molecule has 5 nitrogen and oxygen atoms in total. The summed E-state index contributed by atoms with van der Waals surface area (Å²) in [6, 6.07) is 3.97. The normalized spacial score (nSPS) is 12.0.